The normalized spacial score (nSPS) is 14.8. The van der Waals surface area contributed by atoms with Gasteiger partial charge in [-0.15, -0.1) is 0 Å². The van der Waals surface area contributed by atoms with Crippen LogP contribution >= 0.6 is 0 Å². The Balaban J connectivity index is 0.894. The van der Waals surface area contributed by atoms with Crippen LogP contribution in [0.5, 0.6) is 11.5 Å². The summed E-state index contributed by atoms with van der Waals surface area (Å²) < 4.78 is 15.0. The average Bonchev–Trinajstić information content (AvgIpc) is 3.74. The second-order valence-corrected chi connectivity index (χ2v) is 14.4. The third kappa shape index (κ3) is 8.41. The van der Waals surface area contributed by atoms with Gasteiger partial charge in [0.15, 0.2) is 11.5 Å². The zero-order valence-corrected chi connectivity index (χ0v) is 32.1. The maximum atomic E-state index is 13.3. The van der Waals surface area contributed by atoms with E-state index in [0.29, 0.717) is 52.8 Å². The predicted molar refractivity (Wildman–Crippen MR) is 217 cm³/mol. The number of nitrogens with zero attached hydrogens (tertiary/aromatic N) is 3. The van der Waals surface area contributed by atoms with Crippen LogP contribution in [0.2, 0.25) is 0 Å². The molecule has 3 aromatic carbocycles. The summed E-state index contributed by atoms with van der Waals surface area (Å²) in [4.78, 5) is 54.3. The largest absolute Gasteiger partial charge is 0.493 e. The van der Waals surface area contributed by atoms with E-state index >= 15 is 0 Å². The van der Waals surface area contributed by atoms with Gasteiger partial charge in [0, 0.05) is 75.0 Å². The first-order valence-electron chi connectivity index (χ1n) is 18.9. The molecule has 0 bridgehead atoms. The molecule has 1 atom stereocenters. The summed E-state index contributed by atoms with van der Waals surface area (Å²) in [6.45, 7) is 3.71. The molecule has 1 fully saturated rings. The smallest absolute Gasteiger partial charge is 0.272 e. The Morgan fingerprint density at radius 1 is 0.786 bits per heavy atom. The molecule has 2 aliphatic rings. The molecule has 7 rings (SSSR count). The molecule has 1 saturated heterocycles. The summed E-state index contributed by atoms with van der Waals surface area (Å²) in [7, 11) is 5.11. The summed E-state index contributed by atoms with van der Waals surface area (Å²) in [6, 6.07) is 22.2. The maximum Gasteiger partial charge on any atom is 0.272 e. The minimum atomic E-state index is -0.328. The summed E-state index contributed by atoms with van der Waals surface area (Å²) in [6.07, 6.45) is 7.33. The fraction of sp³-hybridized carbons (Fsp3) is 0.302. The van der Waals surface area contributed by atoms with E-state index in [1.807, 2.05) is 73.6 Å². The van der Waals surface area contributed by atoms with E-state index in [1.165, 1.54) is 0 Å². The van der Waals surface area contributed by atoms with Gasteiger partial charge >= 0.3 is 0 Å². The summed E-state index contributed by atoms with van der Waals surface area (Å²) in [5, 5.41) is 12.2. The number of methoxy groups -OCH3 is 1. The zero-order chi connectivity index (χ0) is 39.3. The van der Waals surface area contributed by atoms with Gasteiger partial charge in [0.2, 0.25) is 5.91 Å². The summed E-state index contributed by atoms with van der Waals surface area (Å²) in [5.74, 6) is 0.239. The standard InChI is InChI=1S/C43H47N7O6/c1-27-10-14-30(15-11-27)46-41(52)36-20-29(25-48(36)2)28-12-16-31(17-13-28)47-42(53)37-21-32(26-49(37)3)45-40(51)9-7-19-56-39-23-35-34(22-38(39)55-4)43(54)50-18-6-5-8-33(50)24-44-35/h10-17,20-23,25-26,33,44H,5-9,18-19,24H2,1-4H3,(H,45,51)(H,46,52)(H,47,53)/t33-/m0/s1. The number of benzene rings is 3. The number of amides is 4. The summed E-state index contributed by atoms with van der Waals surface area (Å²) >= 11 is 0. The van der Waals surface area contributed by atoms with Crippen LogP contribution in [0.4, 0.5) is 22.7 Å². The Labute approximate surface area is 326 Å². The molecule has 0 spiro atoms. The number of hydrogen-bond acceptors (Lipinski definition) is 7. The fourth-order valence-corrected chi connectivity index (χ4v) is 7.24. The molecule has 4 heterocycles. The molecule has 4 amide bonds. The van der Waals surface area contributed by atoms with Crippen molar-refractivity contribution in [2.24, 2.45) is 14.1 Å². The molecule has 0 unspecified atom stereocenters. The highest BCUT2D eigenvalue weighted by Gasteiger charge is 2.32. The number of fused-ring (bicyclic) bond motifs is 2. The van der Waals surface area contributed by atoms with E-state index in [4.69, 9.17) is 9.47 Å². The third-order valence-electron chi connectivity index (χ3n) is 10.3. The van der Waals surface area contributed by atoms with Gasteiger partial charge in [-0.1, -0.05) is 29.8 Å². The van der Waals surface area contributed by atoms with Crippen molar-refractivity contribution >= 4 is 46.4 Å². The Hall–Kier alpha value is -6.50. The molecule has 13 nitrogen and oxygen atoms in total. The van der Waals surface area contributed by atoms with Crippen molar-refractivity contribution in [3.63, 3.8) is 0 Å². The van der Waals surface area contributed by atoms with Gasteiger partial charge in [0.05, 0.1) is 30.7 Å². The van der Waals surface area contributed by atoms with Crippen molar-refractivity contribution in [2.45, 2.75) is 45.1 Å². The van der Waals surface area contributed by atoms with Crippen LogP contribution in [-0.4, -0.2) is 70.5 Å². The van der Waals surface area contributed by atoms with Gasteiger partial charge in [0.1, 0.15) is 11.4 Å². The lowest BCUT2D eigenvalue weighted by Crippen LogP contribution is -2.45. The first-order valence-corrected chi connectivity index (χ1v) is 18.9. The summed E-state index contributed by atoms with van der Waals surface area (Å²) in [5.41, 5.74) is 6.90. The maximum absolute atomic E-state index is 13.3. The lowest BCUT2D eigenvalue weighted by molar-refractivity contribution is -0.116. The zero-order valence-electron chi connectivity index (χ0n) is 32.1. The molecule has 56 heavy (non-hydrogen) atoms. The quantitative estimate of drug-likeness (QED) is 0.0996. The third-order valence-corrected chi connectivity index (χ3v) is 10.3. The van der Waals surface area contributed by atoms with Crippen molar-refractivity contribution in [1.82, 2.24) is 14.0 Å². The molecular formula is C43H47N7O6. The number of rotatable bonds is 12. The number of hydrogen-bond donors (Lipinski definition) is 4. The Morgan fingerprint density at radius 2 is 1.46 bits per heavy atom. The Morgan fingerprint density at radius 3 is 2.18 bits per heavy atom. The molecule has 0 aliphatic carbocycles. The van der Waals surface area contributed by atoms with Crippen LogP contribution in [0.3, 0.4) is 0 Å². The Bertz CT molecular complexity index is 2260. The van der Waals surface area contributed by atoms with Crippen molar-refractivity contribution in [3.8, 4) is 22.6 Å². The number of anilines is 4. The molecular weight excluding hydrogens is 711 g/mol. The van der Waals surface area contributed by atoms with Crippen LogP contribution in [-0.2, 0) is 18.9 Å². The molecule has 0 radical (unpaired) electrons. The van der Waals surface area contributed by atoms with Gasteiger partial charge in [-0.05, 0) is 80.6 Å². The van der Waals surface area contributed by atoms with Gasteiger partial charge in [-0.2, -0.15) is 0 Å². The topological polar surface area (TPSA) is 148 Å². The van der Waals surface area contributed by atoms with Crippen LogP contribution < -0.4 is 30.7 Å². The second kappa shape index (κ2) is 16.5. The van der Waals surface area contributed by atoms with E-state index in [0.717, 1.165) is 53.9 Å². The number of aromatic nitrogens is 2. The second-order valence-electron chi connectivity index (χ2n) is 14.4. The van der Waals surface area contributed by atoms with Crippen LogP contribution in [0, 0.1) is 6.92 Å². The number of aryl methyl sites for hydroxylation is 3. The van der Waals surface area contributed by atoms with Crippen LogP contribution in [0.15, 0.2) is 85.2 Å². The lowest BCUT2D eigenvalue weighted by atomic mass is 10.0. The monoisotopic (exact) mass is 757 g/mol. The number of piperidine rings is 1. The Kier molecular flexibility index (Phi) is 11.1. The molecule has 4 N–H and O–H groups in total. The van der Waals surface area contributed by atoms with Gasteiger partial charge in [0.25, 0.3) is 17.7 Å². The highest BCUT2D eigenvalue weighted by Crippen LogP contribution is 2.37. The molecule has 2 aliphatic heterocycles. The van der Waals surface area contributed by atoms with E-state index in [-0.39, 0.29) is 42.7 Å². The predicted octanol–water partition coefficient (Wildman–Crippen LogP) is 7.07. The molecule has 2 aromatic heterocycles. The van der Waals surface area contributed by atoms with E-state index in [2.05, 4.69) is 21.3 Å². The first-order chi connectivity index (χ1) is 27.1. The number of carbonyl (C=O) groups is 4. The first kappa shape index (κ1) is 37.8. The minimum Gasteiger partial charge on any atom is -0.493 e. The highest BCUT2D eigenvalue weighted by molar-refractivity contribution is 6.05. The molecule has 5 aromatic rings. The van der Waals surface area contributed by atoms with E-state index in [9.17, 15) is 19.2 Å². The fourth-order valence-electron chi connectivity index (χ4n) is 7.24. The van der Waals surface area contributed by atoms with E-state index < -0.39 is 0 Å². The van der Waals surface area contributed by atoms with Crippen LogP contribution in [0.1, 0.15) is 69.0 Å². The van der Waals surface area contributed by atoms with Crippen molar-refractivity contribution in [1.29, 1.82) is 0 Å². The average molecular weight is 758 g/mol. The molecule has 13 heteroatoms. The number of nitrogens with one attached hydrogen (secondary N) is 4. The lowest BCUT2D eigenvalue weighted by Gasteiger charge is -2.34. The van der Waals surface area contributed by atoms with Gasteiger partial charge in [-0.3, -0.25) is 19.2 Å². The van der Waals surface area contributed by atoms with Crippen molar-refractivity contribution in [2.75, 3.05) is 48.1 Å². The number of ether oxygens (including phenoxy) is 2. The van der Waals surface area contributed by atoms with Gasteiger partial charge in [-0.25, -0.2) is 0 Å². The van der Waals surface area contributed by atoms with Gasteiger partial charge < -0.3 is 44.8 Å². The highest BCUT2D eigenvalue weighted by atomic mass is 16.5. The van der Waals surface area contributed by atoms with Crippen molar-refractivity contribution < 1.29 is 28.7 Å². The molecule has 0 saturated carbocycles. The number of carbonyl (C=O) groups excluding carboxylic acids is 4. The minimum absolute atomic E-state index is 0.00739. The SMILES string of the molecule is COc1cc2c(cc1OCCCC(=O)Nc1cc(C(=O)Nc3ccc(-c4cc(C(=O)Nc5ccc(C)cc5)n(C)c4)cc3)n(C)c1)NC[C@@H]1CCCCN1C2=O. The molecule has 290 valence electrons. The van der Waals surface area contributed by atoms with E-state index in [1.54, 1.807) is 53.8 Å². The van der Waals surface area contributed by atoms with Crippen LogP contribution in [0.25, 0.3) is 11.1 Å². The van der Waals surface area contributed by atoms with Crippen molar-refractivity contribution in [3.05, 3.63) is 108 Å².